The van der Waals surface area contributed by atoms with Crippen LogP contribution in [0.1, 0.15) is 23.2 Å². The van der Waals surface area contributed by atoms with E-state index in [2.05, 4.69) is 15.6 Å². The van der Waals surface area contributed by atoms with Crippen molar-refractivity contribution in [3.05, 3.63) is 48.2 Å². The topological polar surface area (TPSA) is 54.0 Å². The standard InChI is InChI=1S/C16H17N3OS/c1-21-13-5-2-4-12(10-13)19-16(20)14-6-3-9-17-15(14)18-11-7-8-11/h2-6,9-11H,7-8H2,1H3,(H,17,18)(H,19,20). The van der Waals surface area contributed by atoms with Crippen molar-refractivity contribution in [3.63, 3.8) is 0 Å². The average molecular weight is 299 g/mol. The van der Waals surface area contributed by atoms with Crippen LogP contribution in [-0.2, 0) is 0 Å². The zero-order valence-corrected chi connectivity index (χ0v) is 12.6. The number of thioether (sulfide) groups is 1. The first-order valence-corrected chi connectivity index (χ1v) is 8.15. The van der Waals surface area contributed by atoms with Crippen LogP contribution in [-0.4, -0.2) is 23.2 Å². The maximum Gasteiger partial charge on any atom is 0.259 e. The smallest absolute Gasteiger partial charge is 0.259 e. The van der Waals surface area contributed by atoms with Crippen molar-refractivity contribution in [3.8, 4) is 0 Å². The number of pyridine rings is 1. The number of anilines is 2. The lowest BCUT2D eigenvalue weighted by Gasteiger charge is -2.11. The summed E-state index contributed by atoms with van der Waals surface area (Å²) in [7, 11) is 0. The molecule has 0 aliphatic heterocycles. The van der Waals surface area contributed by atoms with Crippen LogP contribution in [0.5, 0.6) is 0 Å². The Hall–Kier alpha value is -2.01. The van der Waals surface area contributed by atoms with Crippen molar-refractivity contribution in [2.45, 2.75) is 23.8 Å². The highest BCUT2D eigenvalue weighted by Crippen LogP contribution is 2.26. The summed E-state index contributed by atoms with van der Waals surface area (Å²) >= 11 is 1.65. The molecule has 108 valence electrons. The Labute approximate surface area is 128 Å². The number of rotatable bonds is 5. The number of hydrogen-bond donors (Lipinski definition) is 2. The van der Waals surface area contributed by atoms with Crippen molar-refractivity contribution >= 4 is 29.2 Å². The third-order valence-electron chi connectivity index (χ3n) is 3.30. The predicted octanol–water partition coefficient (Wildman–Crippen LogP) is 3.63. The summed E-state index contributed by atoms with van der Waals surface area (Å²) in [5.74, 6) is 0.531. The normalized spacial score (nSPS) is 13.8. The van der Waals surface area contributed by atoms with Crippen LogP contribution in [0.15, 0.2) is 47.5 Å². The second-order valence-corrected chi connectivity index (χ2v) is 5.88. The Bertz CT molecular complexity index is 655. The summed E-state index contributed by atoms with van der Waals surface area (Å²) in [6.45, 7) is 0. The van der Waals surface area contributed by atoms with Gasteiger partial charge in [0.15, 0.2) is 0 Å². The van der Waals surface area contributed by atoms with Gasteiger partial charge in [0.25, 0.3) is 5.91 Å². The SMILES string of the molecule is CSc1cccc(NC(=O)c2cccnc2NC2CC2)c1. The van der Waals surface area contributed by atoms with E-state index in [0.717, 1.165) is 23.4 Å². The molecule has 1 fully saturated rings. The molecule has 0 saturated heterocycles. The highest BCUT2D eigenvalue weighted by Gasteiger charge is 2.23. The molecule has 1 saturated carbocycles. The van der Waals surface area contributed by atoms with Crippen LogP contribution in [0.3, 0.4) is 0 Å². The van der Waals surface area contributed by atoms with Crippen LogP contribution in [0.25, 0.3) is 0 Å². The molecule has 1 aromatic carbocycles. The highest BCUT2D eigenvalue weighted by atomic mass is 32.2. The first kappa shape index (κ1) is 13.9. The van der Waals surface area contributed by atoms with Crippen molar-refractivity contribution in [2.24, 2.45) is 0 Å². The molecule has 1 aromatic heterocycles. The molecule has 2 aromatic rings. The zero-order chi connectivity index (χ0) is 14.7. The summed E-state index contributed by atoms with van der Waals surface area (Å²) in [6.07, 6.45) is 6.01. The van der Waals surface area contributed by atoms with Gasteiger partial charge >= 0.3 is 0 Å². The number of amides is 1. The number of nitrogens with zero attached hydrogens (tertiary/aromatic N) is 1. The van der Waals surface area contributed by atoms with E-state index in [1.807, 2.05) is 30.5 Å². The summed E-state index contributed by atoms with van der Waals surface area (Å²) in [5, 5.41) is 6.23. The van der Waals surface area contributed by atoms with Crippen molar-refractivity contribution in [2.75, 3.05) is 16.9 Å². The van der Waals surface area contributed by atoms with Crippen LogP contribution in [0.4, 0.5) is 11.5 Å². The summed E-state index contributed by atoms with van der Waals surface area (Å²) in [4.78, 5) is 17.8. The van der Waals surface area contributed by atoms with Crippen LogP contribution in [0, 0.1) is 0 Å². The molecule has 21 heavy (non-hydrogen) atoms. The molecule has 0 bridgehead atoms. The molecule has 0 spiro atoms. The van der Waals surface area contributed by atoms with Gasteiger partial charge in [-0.15, -0.1) is 11.8 Å². The zero-order valence-electron chi connectivity index (χ0n) is 11.8. The van der Waals surface area contributed by atoms with Crippen molar-refractivity contribution < 1.29 is 4.79 Å². The second kappa shape index (κ2) is 6.18. The van der Waals surface area contributed by atoms with E-state index in [9.17, 15) is 4.79 Å². The first-order chi connectivity index (χ1) is 10.3. The highest BCUT2D eigenvalue weighted by molar-refractivity contribution is 7.98. The maximum absolute atomic E-state index is 12.4. The third-order valence-corrected chi connectivity index (χ3v) is 4.02. The van der Waals surface area contributed by atoms with Gasteiger partial charge in [0.05, 0.1) is 5.56 Å². The van der Waals surface area contributed by atoms with Crippen LogP contribution < -0.4 is 10.6 Å². The van der Waals surface area contributed by atoms with Gasteiger partial charge in [0.2, 0.25) is 0 Å². The van der Waals surface area contributed by atoms with Gasteiger partial charge in [-0.2, -0.15) is 0 Å². The van der Waals surface area contributed by atoms with Crippen LogP contribution >= 0.6 is 11.8 Å². The fourth-order valence-electron chi connectivity index (χ4n) is 2.02. The minimum Gasteiger partial charge on any atom is -0.367 e. The predicted molar refractivity (Wildman–Crippen MR) is 87.1 cm³/mol. The minimum atomic E-state index is -0.135. The Balaban J connectivity index is 1.78. The molecule has 2 N–H and O–H groups in total. The lowest BCUT2D eigenvalue weighted by atomic mass is 10.2. The van der Waals surface area contributed by atoms with Crippen molar-refractivity contribution in [1.29, 1.82) is 0 Å². The summed E-state index contributed by atoms with van der Waals surface area (Å²) < 4.78 is 0. The largest absolute Gasteiger partial charge is 0.367 e. The first-order valence-electron chi connectivity index (χ1n) is 6.93. The second-order valence-electron chi connectivity index (χ2n) is 5.00. The van der Waals surface area contributed by atoms with E-state index >= 15 is 0 Å². The van der Waals surface area contributed by atoms with Crippen molar-refractivity contribution in [1.82, 2.24) is 4.98 Å². The van der Waals surface area contributed by atoms with Gasteiger partial charge < -0.3 is 10.6 Å². The molecule has 0 unspecified atom stereocenters. The number of carbonyl (C=O) groups excluding carboxylic acids is 1. The van der Waals surface area contributed by atoms with Gasteiger partial charge in [-0.25, -0.2) is 4.98 Å². The molecule has 1 aliphatic rings. The molecule has 5 heteroatoms. The average Bonchev–Trinajstić information content (AvgIpc) is 3.32. The number of nitrogens with one attached hydrogen (secondary N) is 2. The van der Waals surface area contributed by atoms with Gasteiger partial charge in [-0.05, 0) is 49.4 Å². The van der Waals surface area contributed by atoms with Crippen LogP contribution in [0.2, 0.25) is 0 Å². The fourth-order valence-corrected chi connectivity index (χ4v) is 2.48. The Kier molecular flexibility index (Phi) is 4.10. The van der Waals surface area contributed by atoms with Gasteiger partial charge in [-0.3, -0.25) is 4.79 Å². The quantitative estimate of drug-likeness (QED) is 0.828. The number of hydrogen-bond acceptors (Lipinski definition) is 4. The van der Waals surface area contributed by atoms with Gasteiger partial charge in [0.1, 0.15) is 5.82 Å². The number of benzene rings is 1. The van der Waals surface area contributed by atoms with E-state index in [1.54, 1.807) is 30.1 Å². The minimum absolute atomic E-state index is 0.135. The van der Waals surface area contributed by atoms with Gasteiger partial charge in [0, 0.05) is 22.8 Å². The summed E-state index contributed by atoms with van der Waals surface area (Å²) in [5.41, 5.74) is 1.38. The fraction of sp³-hybridized carbons (Fsp3) is 0.250. The Morgan fingerprint density at radius 1 is 1.29 bits per heavy atom. The molecular weight excluding hydrogens is 282 g/mol. The molecule has 1 amide bonds. The number of aromatic nitrogens is 1. The van der Waals surface area contributed by atoms with Gasteiger partial charge in [-0.1, -0.05) is 6.07 Å². The van der Waals surface area contributed by atoms with E-state index in [-0.39, 0.29) is 5.91 Å². The lowest BCUT2D eigenvalue weighted by Crippen LogP contribution is -2.16. The Morgan fingerprint density at radius 3 is 2.90 bits per heavy atom. The Morgan fingerprint density at radius 2 is 2.14 bits per heavy atom. The van der Waals surface area contributed by atoms with E-state index in [4.69, 9.17) is 0 Å². The molecule has 1 heterocycles. The molecule has 3 rings (SSSR count). The van der Waals surface area contributed by atoms with E-state index in [0.29, 0.717) is 17.4 Å². The molecule has 1 aliphatic carbocycles. The molecule has 0 atom stereocenters. The molecule has 0 radical (unpaired) electrons. The number of carbonyl (C=O) groups is 1. The van der Waals surface area contributed by atoms with E-state index in [1.165, 1.54) is 0 Å². The lowest BCUT2D eigenvalue weighted by molar-refractivity contribution is 0.102. The molecule has 4 nitrogen and oxygen atoms in total. The van der Waals surface area contributed by atoms with E-state index < -0.39 is 0 Å². The summed E-state index contributed by atoms with van der Waals surface area (Å²) in [6, 6.07) is 11.9. The maximum atomic E-state index is 12.4. The monoisotopic (exact) mass is 299 g/mol. The molecular formula is C16H17N3OS. The third kappa shape index (κ3) is 3.55.